The summed E-state index contributed by atoms with van der Waals surface area (Å²) >= 11 is 0. The van der Waals surface area contributed by atoms with Crippen molar-refractivity contribution in [3.8, 4) is 0 Å². The molecule has 5 N–H and O–H groups in total. The second kappa shape index (κ2) is 10.7. The fourth-order valence-corrected chi connectivity index (χ4v) is 1.59. The molecule has 0 aromatic rings. The number of unbranched alkanes of at least 4 members (excludes halogenated alkanes) is 1. The van der Waals surface area contributed by atoms with Crippen LogP contribution < -0.4 is 21.7 Å². The van der Waals surface area contributed by atoms with Crippen LogP contribution >= 0.6 is 0 Å². The van der Waals surface area contributed by atoms with Crippen molar-refractivity contribution in [2.45, 2.75) is 38.6 Å². The normalized spacial score (nSPS) is 11.3. The smallest absolute Gasteiger partial charge is 0.239 e. The summed E-state index contributed by atoms with van der Waals surface area (Å²) in [5.74, 6) is -1.84. The van der Waals surface area contributed by atoms with E-state index in [4.69, 9.17) is 13.6 Å². The van der Waals surface area contributed by atoms with Crippen molar-refractivity contribution in [1.29, 1.82) is 0 Å². The maximum absolute atomic E-state index is 11.5. The van der Waals surface area contributed by atoms with Crippen molar-refractivity contribution in [1.82, 2.24) is 16.0 Å². The SMILES string of the molecule is [B]C(=O)NCCC(=O)NC(CCCCNC(C)=O)C(N)=O. The van der Waals surface area contributed by atoms with Crippen LogP contribution in [0.5, 0.6) is 0 Å². The Morgan fingerprint density at radius 3 is 2.29 bits per heavy atom. The highest BCUT2D eigenvalue weighted by atomic mass is 16.2. The first-order valence-electron chi connectivity index (χ1n) is 6.69. The van der Waals surface area contributed by atoms with Crippen LogP contribution in [0.2, 0.25) is 0 Å². The van der Waals surface area contributed by atoms with Gasteiger partial charge in [-0.2, -0.15) is 0 Å². The Hall–Kier alpha value is -2.06. The number of hydrogen-bond donors (Lipinski definition) is 4. The molecule has 21 heavy (non-hydrogen) atoms. The average molecular weight is 296 g/mol. The average Bonchev–Trinajstić information content (AvgIpc) is 2.35. The number of primary amides is 1. The van der Waals surface area contributed by atoms with E-state index in [1.165, 1.54) is 6.92 Å². The van der Waals surface area contributed by atoms with Crippen LogP contribution in [0.1, 0.15) is 32.6 Å². The Kier molecular flexibility index (Phi) is 9.65. The molecular weight excluding hydrogens is 275 g/mol. The van der Waals surface area contributed by atoms with Gasteiger partial charge in [-0.15, -0.1) is 0 Å². The first kappa shape index (κ1) is 18.9. The predicted molar refractivity (Wildman–Crippen MR) is 77.4 cm³/mol. The van der Waals surface area contributed by atoms with Gasteiger partial charge < -0.3 is 21.7 Å². The molecule has 0 aromatic heterocycles. The van der Waals surface area contributed by atoms with E-state index in [0.717, 1.165) is 0 Å². The van der Waals surface area contributed by atoms with Gasteiger partial charge in [0.15, 0.2) is 13.7 Å². The van der Waals surface area contributed by atoms with Crippen molar-refractivity contribution >= 4 is 31.4 Å². The third-order valence-corrected chi connectivity index (χ3v) is 2.62. The highest BCUT2D eigenvalue weighted by Crippen LogP contribution is 2.01. The summed E-state index contributed by atoms with van der Waals surface area (Å²) in [5.41, 5.74) is 5.21. The highest BCUT2D eigenvalue weighted by Gasteiger charge is 2.17. The minimum atomic E-state index is -0.761. The van der Waals surface area contributed by atoms with E-state index in [1.807, 2.05) is 0 Å². The number of carbonyl (C=O) groups excluding carboxylic acids is 4. The van der Waals surface area contributed by atoms with Crippen molar-refractivity contribution in [2.24, 2.45) is 5.73 Å². The Morgan fingerprint density at radius 1 is 1.10 bits per heavy atom. The fraction of sp³-hybridized carbons (Fsp3) is 0.667. The van der Waals surface area contributed by atoms with Crippen LogP contribution in [-0.2, 0) is 14.4 Å². The number of nitrogens with two attached hydrogens (primary N) is 1. The van der Waals surface area contributed by atoms with Gasteiger partial charge in [-0.05, 0) is 19.3 Å². The molecule has 1 atom stereocenters. The van der Waals surface area contributed by atoms with Crippen molar-refractivity contribution in [3.63, 3.8) is 0 Å². The van der Waals surface area contributed by atoms with Crippen LogP contribution in [0.15, 0.2) is 0 Å². The minimum Gasteiger partial charge on any atom is -0.368 e. The lowest BCUT2D eigenvalue weighted by Crippen LogP contribution is -2.45. The molecule has 0 spiro atoms. The van der Waals surface area contributed by atoms with E-state index in [-0.39, 0.29) is 18.9 Å². The zero-order valence-electron chi connectivity index (χ0n) is 12.1. The summed E-state index contributed by atoms with van der Waals surface area (Å²) in [6, 6.07) is -0.761. The first-order chi connectivity index (χ1) is 9.82. The lowest BCUT2D eigenvalue weighted by molar-refractivity contribution is -0.127. The van der Waals surface area contributed by atoms with Gasteiger partial charge in [-0.1, -0.05) is 0 Å². The molecule has 0 aliphatic carbocycles. The summed E-state index contributed by atoms with van der Waals surface area (Å²) in [7, 11) is 4.86. The van der Waals surface area contributed by atoms with Crippen molar-refractivity contribution < 1.29 is 19.2 Å². The zero-order chi connectivity index (χ0) is 16.3. The molecule has 4 amide bonds. The summed E-state index contributed by atoms with van der Waals surface area (Å²) in [4.78, 5) is 43.9. The lowest BCUT2D eigenvalue weighted by atomic mass is 10.1. The van der Waals surface area contributed by atoms with Crippen LogP contribution in [0.4, 0.5) is 4.79 Å². The van der Waals surface area contributed by atoms with Crippen LogP contribution in [0.25, 0.3) is 0 Å². The molecule has 0 rings (SSSR count). The van der Waals surface area contributed by atoms with Gasteiger partial charge in [0.05, 0.1) is 0 Å². The van der Waals surface area contributed by atoms with Crippen molar-refractivity contribution in [2.75, 3.05) is 13.1 Å². The van der Waals surface area contributed by atoms with Crippen molar-refractivity contribution in [3.05, 3.63) is 0 Å². The Labute approximate surface area is 125 Å². The molecule has 0 heterocycles. The molecule has 0 aliphatic rings. The number of nitrogens with one attached hydrogen (secondary N) is 3. The number of amides is 4. The molecule has 0 aromatic carbocycles. The van der Waals surface area contributed by atoms with E-state index in [0.29, 0.717) is 25.8 Å². The van der Waals surface area contributed by atoms with Crippen LogP contribution in [0, 0.1) is 0 Å². The van der Waals surface area contributed by atoms with Gasteiger partial charge in [0.1, 0.15) is 6.04 Å². The number of hydrogen-bond acceptors (Lipinski definition) is 4. The first-order valence-corrected chi connectivity index (χ1v) is 6.69. The summed E-state index contributed by atoms with van der Waals surface area (Å²) in [5, 5.41) is 7.40. The van der Waals surface area contributed by atoms with E-state index in [9.17, 15) is 19.2 Å². The third-order valence-electron chi connectivity index (χ3n) is 2.62. The van der Waals surface area contributed by atoms with E-state index >= 15 is 0 Å². The van der Waals surface area contributed by atoms with Crippen LogP contribution in [0.3, 0.4) is 0 Å². The number of carbonyl (C=O) groups is 4. The Bertz CT molecular complexity index is 389. The maximum atomic E-state index is 11.5. The highest BCUT2D eigenvalue weighted by molar-refractivity contribution is 6.57. The second-order valence-electron chi connectivity index (χ2n) is 4.54. The maximum Gasteiger partial charge on any atom is 0.239 e. The molecule has 8 nitrogen and oxygen atoms in total. The Morgan fingerprint density at radius 2 is 1.76 bits per heavy atom. The predicted octanol–water partition coefficient (Wildman–Crippen LogP) is -1.47. The van der Waals surface area contributed by atoms with Gasteiger partial charge in [-0.25, -0.2) is 0 Å². The molecule has 0 fully saturated rings. The molecule has 0 saturated heterocycles. The lowest BCUT2D eigenvalue weighted by Gasteiger charge is -2.15. The standard InChI is InChI=1S/C12H21BN4O4/c1-8(18)15-6-3-2-4-9(11(14)20)17-10(19)5-7-16-12(13)21/h9H,2-7H2,1H3,(H2,14,20)(H,15,18)(H,16,21)(H,17,19). The van der Waals surface area contributed by atoms with Gasteiger partial charge in [0.25, 0.3) is 0 Å². The quantitative estimate of drug-likeness (QED) is 0.289. The van der Waals surface area contributed by atoms with Gasteiger partial charge in [0.2, 0.25) is 17.7 Å². The summed E-state index contributed by atoms with van der Waals surface area (Å²) in [6.07, 6.45) is 1.72. The van der Waals surface area contributed by atoms with E-state index in [2.05, 4.69) is 16.0 Å². The minimum absolute atomic E-state index is 0.0125. The van der Waals surface area contributed by atoms with Gasteiger partial charge >= 0.3 is 0 Å². The fourth-order valence-electron chi connectivity index (χ4n) is 1.59. The monoisotopic (exact) mass is 296 g/mol. The topological polar surface area (TPSA) is 130 Å². The summed E-state index contributed by atoms with van der Waals surface area (Å²) in [6.45, 7) is 2.03. The molecule has 1 unspecified atom stereocenters. The summed E-state index contributed by atoms with van der Waals surface area (Å²) < 4.78 is 0. The molecule has 0 bridgehead atoms. The third kappa shape index (κ3) is 11.5. The van der Waals surface area contributed by atoms with Gasteiger partial charge in [0, 0.05) is 26.4 Å². The molecule has 2 radical (unpaired) electrons. The van der Waals surface area contributed by atoms with Crippen LogP contribution in [-0.4, -0.2) is 50.5 Å². The second-order valence-corrected chi connectivity index (χ2v) is 4.54. The van der Waals surface area contributed by atoms with E-state index < -0.39 is 23.7 Å². The van der Waals surface area contributed by atoms with Gasteiger partial charge in [-0.3, -0.25) is 19.2 Å². The number of rotatable bonds is 10. The van der Waals surface area contributed by atoms with E-state index in [1.54, 1.807) is 0 Å². The molecule has 0 saturated carbocycles. The molecule has 0 aliphatic heterocycles. The molecular formula is C12H21BN4O4. The molecule has 116 valence electrons. The largest absolute Gasteiger partial charge is 0.368 e. The zero-order valence-corrected chi connectivity index (χ0v) is 12.1. The molecule has 9 heteroatoms. The Balaban J connectivity index is 3.95.